The number of aliphatic hydroxyl groups is 3. The largest absolute Gasteiger partial charge is 0.504 e. The molecule has 25 heavy (non-hydrogen) atoms. The molecule has 0 spiro atoms. The molecular weight excluding hydrogens is 340 g/mol. The van der Waals surface area contributed by atoms with Crippen LogP contribution in [-0.4, -0.2) is 73.3 Å². The van der Waals surface area contributed by atoms with Gasteiger partial charge in [0.1, 0.15) is 18.3 Å². The summed E-state index contributed by atoms with van der Waals surface area (Å²) in [6, 6.07) is 4.02. The molecule has 1 fully saturated rings. The standard InChI is InChI=1S/C15H18O10/c16-7-3-1-6(2-4-9(17)18)5-8(7)24-15-12(21)10(19)11(20)13(25-15)14(22)23/h1,3,5,10-13,15-16,19-21H,2,4H2,(H,17,18)(H,22,23). The first-order valence-corrected chi connectivity index (χ1v) is 7.33. The van der Waals surface area contributed by atoms with Crippen molar-refractivity contribution in [1.29, 1.82) is 0 Å². The number of phenolic OH excluding ortho intramolecular Hbond substituents is 1. The number of aliphatic carboxylic acids is 2. The third-order valence-electron chi connectivity index (χ3n) is 3.71. The normalized spacial score (nSPS) is 29.2. The molecule has 1 saturated heterocycles. The Morgan fingerprint density at radius 1 is 1.08 bits per heavy atom. The van der Waals surface area contributed by atoms with Crippen LogP contribution >= 0.6 is 0 Å². The molecule has 1 aromatic rings. The first-order valence-electron chi connectivity index (χ1n) is 7.33. The highest BCUT2D eigenvalue weighted by Crippen LogP contribution is 2.31. The molecule has 1 aliphatic rings. The van der Waals surface area contributed by atoms with E-state index in [2.05, 4.69) is 0 Å². The Morgan fingerprint density at radius 3 is 2.36 bits per heavy atom. The zero-order valence-corrected chi connectivity index (χ0v) is 12.8. The Labute approximate surface area is 141 Å². The molecule has 0 aliphatic carbocycles. The molecule has 0 saturated carbocycles. The van der Waals surface area contributed by atoms with Gasteiger partial charge in [0.2, 0.25) is 6.29 Å². The SMILES string of the molecule is O=C(O)CCc1ccc(O)c(OC2OC(C(=O)O)C(O)C(O)C2O)c1. The highest BCUT2D eigenvalue weighted by Gasteiger charge is 2.48. The number of ether oxygens (including phenoxy) is 2. The van der Waals surface area contributed by atoms with Gasteiger partial charge in [-0.2, -0.15) is 0 Å². The topological polar surface area (TPSA) is 174 Å². The van der Waals surface area contributed by atoms with Crippen molar-refractivity contribution in [1.82, 2.24) is 0 Å². The molecule has 10 nitrogen and oxygen atoms in total. The Morgan fingerprint density at radius 2 is 1.76 bits per heavy atom. The zero-order chi connectivity index (χ0) is 18.7. The van der Waals surface area contributed by atoms with Gasteiger partial charge in [-0.25, -0.2) is 4.79 Å². The minimum absolute atomic E-state index is 0.152. The molecule has 5 unspecified atom stereocenters. The van der Waals surface area contributed by atoms with E-state index in [0.29, 0.717) is 5.56 Å². The molecule has 5 atom stereocenters. The summed E-state index contributed by atoms with van der Waals surface area (Å²) < 4.78 is 10.2. The van der Waals surface area contributed by atoms with Crippen LogP contribution in [0.5, 0.6) is 11.5 Å². The Kier molecular flexibility index (Phi) is 5.80. The molecule has 0 aromatic heterocycles. The van der Waals surface area contributed by atoms with Crippen LogP contribution < -0.4 is 4.74 Å². The van der Waals surface area contributed by atoms with Crippen molar-refractivity contribution in [3.05, 3.63) is 23.8 Å². The number of carboxylic acid groups (broad SMARTS) is 2. The van der Waals surface area contributed by atoms with Gasteiger partial charge in [0.15, 0.2) is 17.6 Å². The average molecular weight is 358 g/mol. The molecule has 1 heterocycles. The molecular formula is C15H18O10. The second-order valence-corrected chi connectivity index (χ2v) is 5.55. The van der Waals surface area contributed by atoms with E-state index in [0.717, 1.165) is 0 Å². The highest BCUT2D eigenvalue weighted by molar-refractivity contribution is 5.73. The van der Waals surface area contributed by atoms with Crippen LogP contribution in [0.1, 0.15) is 12.0 Å². The van der Waals surface area contributed by atoms with Gasteiger partial charge in [0.05, 0.1) is 0 Å². The second-order valence-electron chi connectivity index (χ2n) is 5.55. The van der Waals surface area contributed by atoms with Gasteiger partial charge < -0.3 is 40.1 Å². The summed E-state index contributed by atoms with van der Waals surface area (Å²) in [5, 5.41) is 56.7. The van der Waals surface area contributed by atoms with Crippen LogP contribution in [0.3, 0.4) is 0 Å². The lowest BCUT2D eigenvalue weighted by molar-refractivity contribution is -0.271. The Hall–Kier alpha value is -2.40. The Bertz CT molecular complexity index is 645. The third kappa shape index (κ3) is 4.37. The fourth-order valence-corrected chi connectivity index (χ4v) is 2.33. The van der Waals surface area contributed by atoms with Crippen LogP contribution in [0.15, 0.2) is 18.2 Å². The van der Waals surface area contributed by atoms with Gasteiger partial charge >= 0.3 is 11.9 Å². The van der Waals surface area contributed by atoms with Crippen molar-refractivity contribution in [2.24, 2.45) is 0 Å². The minimum atomic E-state index is -1.86. The lowest BCUT2D eigenvalue weighted by Crippen LogP contribution is -2.61. The number of benzene rings is 1. The predicted molar refractivity (Wildman–Crippen MR) is 79.0 cm³/mol. The number of hydrogen-bond donors (Lipinski definition) is 6. The monoisotopic (exact) mass is 358 g/mol. The van der Waals surface area contributed by atoms with Crippen LogP contribution in [0.4, 0.5) is 0 Å². The van der Waals surface area contributed by atoms with Crippen molar-refractivity contribution in [2.75, 3.05) is 0 Å². The van der Waals surface area contributed by atoms with E-state index in [4.69, 9.17) is 19.7 Å². The maximum absolute atomic E-state index is 11.0. The maximum Gasteiger partial charge on any atom is 0.335 e. The third-order valence-corrected chi connectivity index (χ3v) is 3.71. The van der Waals surface area contributed by atoms with E-state index in [1.54, 1.807) is 0 Å². The van der Waals surface area contributed by atoms with Crippen molar-refractivity contribution in [3.8, 4) is 11.5 Å². The highest BCUT2D eigenvalue weighted by atomic mass is 16.7. The van der Waals surface area contributed by atoms with Crippen molar-refractivity contribution >= 4 is 11.9 Å². The Balaban J connectivity index is 2.18. The number of carboxylic acids is 2. The maximum atomic E-state index is 11.0. The van der Waals surface area contributed by atoms with Crippen molar-refractivity contribution < 1.29 is 49.7 Å². The molecule has 0 bridgehead atoms. The van der Waals surface area contributed by atoms with E-state index in [-0.39, 0.29) is 24.3 Å². The number of aromatic hydroxyl groups is 1. The molecule has 0 amide bonds. The number of phenols is 1. The summed E-state index contributed by atoms with van der Waals surface area (Å²) in [6.07, 6.45) is -8.97. The van der Waals surface area contributed by atoms with Crippen LogP contribution in [0.2, 0.25) is 0 Å². The number of carbonyl (C=O) groups is 2. The molecule has 10 heteroatoms. The van der Waals surface area contributed by atoms with Crippen LogP contribution in [-0.2, 0) is 20.7 Å². The van der Waals surface area contributed by atoms with Gasteiger partial charge in [-0.05, 0) is 24.1 Å². The number of hydrogen-bond acceptors (Lipinski definition) is 8. The first kappa shape index (κ1) is 18.9. The lowest BCUT2D eigenvalue weighted by Gasteiger charge is -2.38. The first-order chi connectivity index (χ1) is 11.7. The fourth-order valence-electron chi connectivity index (χ4n) is 2.33. The van der Waals surface area contributed by atoms with E-state index in [1.165, 1.54) is 18.2 Å². The van der Waals surface area contributed by atoms with Crippen molar-refractivity contribution in [3.63, 3.8) is 0 Å². The molecule has 6 N–H and O–H groups in total. The fraction of sp³-hybridized carbons (Fsp3) is 0.467. The van der Waals surface area contributed by atoms with Crippen molar-refractivity contribution in [2.45, 2.75) is 43.5 Å². The zero-order valence-electron chi connectivity index (χ0n) is 12.8. The summed E-state index contributed by atoms with van der Waals surface area (Å²) >= 11 is 0. The lowest BCUT2D eigenvalue weighted by atomic mass is 9.99. The van der Waals surface area contributed by atoms with Gasteiger partial charge in [0.25, 0.3) is 0 Å². The number of rotatable bonds is 6. The van der Waals surface area contributed by atoms with Gasteiger partial charge in [-0.15, -0.1) is 0 Å². The smallest absolute Gasteiger partial charge is 0.335 e. The second kappa shape index (κ2) is 7.66. The van der Waals surface area contributed by atoms with Gasteiger partial charge in [0, 0.05) is 6.42 Å². The summed E-state index contributed by atoms with van der Waals surface area (Å²) in [4.78, 5) is 21.7. The molecule has 2 rings (SSSR count). The van der Waals surface area contributed by atoms with Crippen LogP contribution in [0.25, 0.3) is 0 Å². The van der Waals surface area contributed by atoms with Gasteiger partial charge in [-0.3, -0.25) is 4.79 Å². The molecule has 1 aromatic carbocycles. The van der Waals surface area contributed by atoms with E-state index >= 15 is 0 Å². The summed E-state index contributed by atoms with van der Waals surface area (Å²) in [5.41, 5.74) is 0.510. The van der Waals surface area contributed by atoms with E-state index in [1.807, 2.05) is 0 Å². The number of aliphatic hydroxyl groups excluding tert-OH is 3. The summed E-state index contributed by atoms with van der Waals surface area (Å²) in [5.74, 6) is -3.13. The van der Waals surface area contributed by atoms with E-state index < -0.39 is 42.6 Å². The average Bonchev–Trinajstić information content (AvgIpc) is 2.55. The molecule has 0 radical (unpaired) electrons. The quantitative estimate of drug-likeness (QED) is 0.358. The number of aryl methyl sites for hydroxylation is 1. The molecule has 1 aliphatic heterocycles. The van der Waals surface area contributed by atoms with E-state index in [9.17, 15) is 30.0 Å². The van der Waals surface area contributed by atoms with Gasteiger partial charge in [-0.1, -0.05) is 6.07 Å². The summed E-state index contributed by atoms with van der Waals surface area (Å²) in [7, 11) is 0. The molecule has 138 valence electrons. The summed E-state index contributed by atoms with van der Waals surface area (Å²) in [6.45, 7) is 0. The minimum Gasteiger partial charge on any atom is -0.504 e. The predicted octanol–water partition coefficient (Wildman–Crippen LogP) is -1.32. The van der Waals surface area contributed by atoms with Crippen LogP contribution in [0, 0.1) is 0 Å².